The molecule has 0 unspecified atom stereocenters. The fourth-order valence-electron chi connectivity index (χ4n) is 3.42. The third-order valence-corrected chi connectivity index (χ3v) is 4.80. The summed E-state index contributed by atoms with van der Waals surface area (Å²) in [5.41, 5.74) is -1.67. The first-order chi connectivity index (χ1) is 13.0. The van der Waals surface area contributed by atoms with Gasteiger partial charge >= 0.3 is 5.69 Å². The first-order valence-corrected chi connectivity index (χ1v) is 8.91. The molecule has 0 spiro atoms. The van der Waals surface area contributed by atoms with Crippen LogP contribution in [0.3, 0.4) is 0 Å². The van der Waals surface area contributed by atoms with E-state index >= 15 is 0 Å². The minimum atomic E-state index is -1.40. The number of rotatable bonds is 4. The number of H-pyrrole nitrogens is 1. The van der Waals surface area contributed by atoms with Gasteiger partial charge in [-0.05, 0) is 18.9 Å². The maximum atomic E-state index is 12.3. The van der Waals surface area contributed by atoms with E-state index in [1.165, 1.54) is 22.8 Å². The Morgan fingerprint density at radius 1 is 1.19 bits per heavy atom. The quantitative estimate of drug-likeness (QED) is 0.618. The second-order valence-electron chi connectivity index (χ2n) is 6.57. The van der Waals surface area contributed by atoms with Gasteiger partial charge in [0.25, 0.3) is 5.56 Å². The van der Waals surface area contributed by atoms with Crippen LogP contribution in [0.4, 0.5) is 5.69 Å². The minimum Gasteiger partial charge on any atom is -0.545 e. The van der Waals surface area contributed by atoms with E-state index in [0.29, 0.717) is 0 Å². The van der Waals surface area contributed by atoms with E-state index in [0.717, 1.165) is 44.7 Å². The predicted molar refractivity (Wildman–Crippen MR) is 97.8 cm³/mol. The standard InChI is InChI=1S/C19H21N3O5/c23-16-14(11-20-15-10-6-5-9-13(15)18(25)26)17(24)22(19(27)21-16)12-7-3-1-2-4-8-12/h5-6,9-12,24H,1-4,7-8H2,(H,25,26)(H,21,23,27)/p-1. The molecule has 1 aromatic heterocycles. The van der Waals surface area contributed by atoms with Crippen LogP contribution in [0.2, 0.25) is 0 Å². The summed E-state index contributed by atoms with van der Waals surface area (Å²) in [4.78, 5) is 41.8. The summed E-state index contributed by atoms with van der Waals surface area (Å²) in [5.74, 6) is -1.85. The van der Waals surface area contributed by atoms with Crippen LogP contribution in [-0.4, -0.2) is 26.8 Å². The second kappa shape index (κ2) is 8.03. The van der Waals surface area contributed by atoms with Gasteiger partial charge in [0.2, 0.25) is 5.88 Å². The van der Waals surface area contributed by atoms with Crippen molar-refractivity contribution >= 4 is 17.9 Å². The Kier molecular flexibility index (Phi) is 5.54. The monoisotopic (exact) mass is 370 g/mol. The van der Waals surface area contributed by atoms with Crippen molar-refractivity contribution in [1.29, 1.82) is 0 Å². The molecule has 8 nitrogen and oxygen atoms in total. The van der Waals surface area contributed by atoms with Crippen LogP contribution in [-0.2, 0) is 0 Å². The number of hydrogen-bond acceptors (Lipinski definition) is 6. The molecular formula is C19H20N3O5-. The molecule has 2 aromatic rings. The molecule has 2 N–H and O–H groups in total. The average Bonchev–Trinajstić information content (AvgIpc) is 2.91. The largest absolute Gasteiger partial charge is 0.545 e. The number of benzene rings is 1. The van der Waals surface area contributed by atoms with Crippen LogP contribution >= 0.6 is 0 Å². The van der Waals surface area contributed by atoms with Crippen LogP contribution < -0.4 is 16.4 Å². The van der Waals surface area contributed by atoms with Crippen LogP contribution in [0.5, 0.6) is 5.88 Å². The lowest BCUT2D eigenvalue weighted by Crippen LogP contribution is -2.34. The number of aliphatic imine (C=N–C) groups is 1. The first-order valence-electron chi connectivity index (χ1n) is 8.91. The Morgan fingerprint density at radius 2 is 1.85 bits per heavy atom. The van der Waals surface area contributed by atoms with Crippen molar-refractivity contribution in [1.82, 2.24) is 9.55 Å². The van der Waals surface area contributed by atoms with Crippen molar-refractivity contribution in [3.8, 4) is 5.88 Å². The average molecular weight is 370 g/mol. The SMILES string of the molecule is O=C([O-])c1ccccc1N=Cc1c(O)n(C2CCCCCC2)c(=O)[nH]c1=O. The number of para-hydroxylation sites is 1. The van der Waals surface area contributed by atoms with E-state index in [2.05, 4.69) is 9.98 Å². The molecule has 1 aliphatic rings. The lowest BCUT2D eigenvalue weighted by molar-refractivity contribution is -0.254. The number of nitrogens with zero attached hydrogens (tertiary/aromatic N) is 2. The topological polar surface area (TPSA) is 128 Å². The minimum absolute atomic E-state index is 0.0866. The fourth-order valence-corrected chi connectivity index (χ4v) is 3.42. The molecule has 142 valence electrons. The van der Waals surface area contributed by atoms with E-state index in [1.807, 2.05) is 0 Å². The fraction of sp³-hybridized carbons (Fsp3) is 0.368. The Hall–Kier alpha value is -3.16. The Bertz CT molecular complexity index is 982. The first kappa shape index (κ1) is 18.6. The Balaban J connectivity index is 2.04. The molecule has 27 heavy (non-hydrogen) atoms. The number of nitrogens with one attached hydrogen (secondary N) is 1. The molecule has 1 aliphatic carbocycles. The molecule has 3 rings (SSSR count). The molecule has 1 saturated carbocycles. The number of carbonyl (C=O) groups is 1. The molecule has 0 radical (unpaired) electrons. The zero-order valence-corrected chi connectivity index (χ0v) is 14.7. The van der Waals surface area contributed by atoms with Crippen molar-refractivity contribution in [3.63, 3.8) is 0 Å². The normalized spacial score (nSPS) is 15.7. The molecule has 8 heteroatoms. The van der Waals surface area contributed by atoms with Gasteiger partial charge in [-0.3, -0.25) is 19.3 Å². The number of carboxylic acid groups (broad SMARTS) is 1. The number of carboxylic acids is 1. The maximum absolute atomic E-state index is 12.3. The lowest BCUT2D eigenvalue weighted by Gasteiger charge is -2.19. The predicted octanol–water partition coefficient (Wildman–Crippen LogP) is 1.25. The van der Waals surface area contributed by atoms with Gasteiger partial charge in [0.15, 0.2) is 0 Å². The second-order valence-corrected chi connectivity index (χ2v) is 6.57. The Morgan fingerprint density at radius 3 is 2.52 bits per heavy atom. The highest BCUT2D eigenvalue weighted by Gasteiger charge is 2.21. The van der Waals surface area contributed by atoms with Gasteiger partial charge in [-0.15, -0.1) is 0 Å². The van der Waals surface area contributed by atoms with Crippen LogP contribution in [0, 0.1) is 0 Å². The maximum Gasteiger partial charge on any atom is 0.331 e. The number of aromatic carboxylic acids is 1. The van der Waals surface area contributed by atoms with E-state index in [1.54, 1.807) is 6.07 Å². The number of hydrogen-bond donors (Lipinski definition) is 2. The highest BCUT2D eigenvalue weighted by atomic mass is 16.4. The number of aromatic amines is 1. The van der Waals surface area contributed by atoms with Crippen molar-refractivity contribution in [3.05, 3.63) is 56.2 Å². The van der Waals surface area contributed by atoms with Crippen LogP contribution in [0.15, 0.2) is 38.8 Å². The zero-order chi connectivity index (χ0) is 19.4. The van der Waals surface area contributed by atoms with Crippen molar-refractivity contribution in [2.24, 2.45) is 4.99 Å². The molecule has 1 aromatic carbocycles. The molecular weight excluding hydrogens is 350 g/mol. The summed E-state index contributed by atoms with van der Waals surface area (Å²) in [6, 6.07) is 5.71. The van der Waals surface area contributed by atoms with E-state index in [4.69, 9.17) is 0 Å². The summed E-state index contributed by atoms with van der Waals surface area (Å²) in [6.07, 6.45) is 6.58. The summed E-state index contributed by atoms with van der Waals surface area (Å²) >= 11 is 0. The van der Waals surface area contributed by atoms with Crippen LogP contribution in [0.1, 0.15) is 60.5 Å². The molecule has 0 bridgehead atoms. The number of aromatic nitrogens is 2. The van der Waals surface area contributed by atoms with E-state index < -0.39 is 23.1 Å². The number of carbonyl (C=O) groups excluding carboxylic acids is 1. The molecule has 0 amide bonds. The van der Waals surface area contributed by atoms with Gasteiger partial charge in [-0.2, -0.15) is 0 Å². The summed E-state index contributed by atoms with van der Waals surface area (Å²) in [6.45, 7) is 0. The third kappa shape index (κ3) is 3.99. The highest BCUT2D eigenvalue weighted by Crippen LogP contribution is 2.29. The smallest absolute Gasteiger partial charge is 0.331 e. The van der Waals surface area contributed by atoms with Gasteiger partial charge < -0.3 is 15.0 Å². The molecule has 1 fully saturated rings. The molecule has 0 aliphatic heterocycles. The van der Waals surface area contributed by atoms with E-state index in [-0.39, 0.29) is 22.9 Å². The summed E-state index contributed by atoms with van der Waals surface area (Å²) < 4.78 is 1.21. The van der Waals surface area contributed by atoms with Crippen molar-refractivity contribution in [2.45, 2.75) is 44.6 Å². The van der Waals surface area contributed by atoms with Crippen molar-refractivity contribution in [2.75, 3.05) is 0 Å². The Labute approximate surface area is 154 Å². The van der Waals surface area contributed by atoms with Gasteiger partial charge in [0.1, 0.15) is 5.56 Å². The van der Waals surface area contributed by atoms with Gasteiger partial charge in [0.05, 0.1) is 11.7 Å². The van der Waals surface area contributed by atoms with Gasteiger partial charge in [0, 0.05) is 17.8 Å². The lowest BCUT2D eigenvalue weighted by atomic mass is 10.1. The molecule has 1 heterocycles. The highest BCUT2D eigenvalue weighted by molar-refractivity contribution is 5.94. The molecule has 0 saturated heterocycles. The molecule has 0 atom stereocenters. The zero-order valence-electron chi connectivity index (χ0n) is 14.7. The van der Waals surface area contributed by atoms with Gasteiger partial charge in [-0.25, -0.2) is 4.79 Å². The van der Waals surface area contributed by atoms with E-state index in [9.17, 15) is 24.6 Å². The van der Waals surface area contributed by atoms with Gasteiger partial charge in [-0.1, -0.05) is 43.9 Å². The third-order valence-electron chi connectivity index (χ3n) is 4.80. The summed E-state index contributed by atoms with van der Waals surface area (Å²) in [7, 11) is 0. The van der Waals surface area contributed by atoms with Crippen LogP contribution in [0.25, 0.3) is 0 Å². The summed E-state index contributed by atoms with van der Waals surface area (Å²) in [5, 5.41) is 21.7. The number of aromatic hydroxyl groups is 1. The van der Waals surface area contributed by atoms with Crippen molar-refractivity contribution < 1.29 is 15.0 Å².